The molecule has 0 spiro atoms. The maximum Gasteiger partial charge on any atom is 0.254 e. The first-order valence-corrected chi connectivity index (χ1v) is 5.24. The van der Waals surface area contributed by atoms with Crippen molar-refractivity contribution in [2.45, 2.75) is 18.9 Å². The summed E-state index contributed by atoms with van der Waals surface area (Å²) in [6, 6.07) is 2.83. The van der Waals surface area contributed by atoms with Crippen LogP contribution in [0.2, 0.25) is 0 Å². The first-order chi connectivity index (χ1) is 7.54. The average Bonchev–Trinajstić information content (AvgIpc) is 2.24. The minimum atomic E-state index is -0.739. The maximum atomic E-state index is 11.8. The molecule has 0 bridgehead atoms. The van der Waals surface area contributed by atoms with Crippen molar-refractivity contribution in [2.75, 3.05) is 13.1 Å². The molecule has 2 N–H and O–H groups in total. The van der Waals surface area contributed by atoms with E-state index >= 15 is 0 Å². The van der Waals surface area contributed by atoms with Crippen LogP contribution in [0.1, 0.15) is 23.7 Å². The third kappa shape index (κ3) is 1.86. The first-order valence-electron chi connectivity index (χ1n) is 5.24. The number of rotatable bonds is 2. The van der Waals surface area contributed by atoms with Crippen LogP contribution < -0.4 is 5.56 Å². The van der Waals surface area contributed by atoms with Crippen molar-refractivity contribution in [3.05, 3.63) is 34.2 Å². The van der Waals surface area contributed by atoms with Crippen molar-refractivity contribution < 1.29 is 9.90 Å². The van der Waals surface area contributed by atoms with Crippen LogP contribution in [0.5, 0.6) is 0 Å². The summed E-state index contributed by atoms with van der Waals surface area (Å²) in [5.74, 6) is -0.204. The van der Waals surface area contributed by atoms with Gasteiger partial charge in [-0.25, -0.2) is 0 Å². The fourth-order valence-corrected chi connectivity index (χ4v) is 1.79. The van der Waals surface area contributed by atoms with Gasteiger partial charge < -0.3 is 15.0 Å². The molecule has 1 saturated heterocycles. The fraction of sp³-hybridized carbons (Fsp3) is 0.455. The number of hydrogen-bond donors (Lipinski definition) is 2. The molecule has 0 aliphatic carbocycles. The Morgan fingerprint density at radius 1 is 1.62 bits per heavy atom. The molecule has 5 heteroatoms. The summed E-state index contributed by atoms with van der Waals surface area (Å²) in [7, 11) is 0. The molecular weight excluding hydrogens is 208 g/mol. The van der Waals surface area contributed by atoms with Gasteiger partial charge >= 0.3 is 0 Å². The van der Waals surface area contributed by atoms with E-state index in [1.165, 1.54) is 17.2 Å². The largest absolute Gasteiger partial charge is 0.386 e. The van der Waals surface area contributed by atoms with Gasteiger partial charge in [-0.2, -0.15) is 0 Å². The van der Waals surface area contributed by atoms with Gasteiger partial charge in [0.25, 0.3) is 5.91 Å². The molecule has 1 aromatic heterocycles. The van der Waals surface area contributed by atoms with Crippen LogP contribution in [-0.2, 0) is 0 Å². The zero-order valence-electron chi connectivity index (χ0n) is 9.06. The lowest BCUT2D eigenvalue weighted by atomic mass is 9.91. The quantitative estimate of drug-likeness (QED) is 0.738. The number of carbonyl (C=O) groups excluding carboxylic acids is 1. The topological polar surface area (TPSA) is 73.4 Å². The SMILES string of the molecule is CCC1(O)CN(C(=O)c2cc[nH]c(=O)c2)C1. The minimum absolute atomic E-state index is 0.204. The van der Waals surface area contributed by atoms with Gasteiger partial charge in [-0.3, -0.25) is 9.59 Å². The van der Waals surface area contributed by atoms with E-state index in [1.54, 1.807) is 6.07 Å². The van der Waals surface area contributed by atoms with Crippen LogP contribution in [0.3, 0.4) is 0 Å². The van der Waals surface area contributed by atoms with Gasteiger partial charge in [0.1, 0.15) is 0 Å². The first kappa shape index (κ1) is 10.9. The predicted molar refractivity (Wildman–Crippen MR) is 58.2 cm³/mol. The van der Waals surface area contributed by atoms with Crippen LogP contribution in [0.25, 0.3) is 0 Å². The molecule has 1 aliphatic rings. The number of aromatic nitrogens is 1. The number of likely N-dealkylation sites (tertiary alicyclic amines) is 1. The molecule has 0 atom stereocenters. The number of pyridine rings is 1. The Morgan fingerprint density at radius 2 is 2.31 bits per heavy atom. The summed E-state index contributed by atoms with van der Waals surface area (Å²) in [6.45, 7) is 2.57. The van der Waals surface area contributed by atoms with Crippen molar-refractivity contribution in [3.63, 3.8) is 0 Å². The third-order valence-electron chi connectivity index (χ3n) is 2.94. The number of hydrogen-bond acceptors (Lipinski definition) is 3. The Morgan fingerprint density at radius 3 is 2.88 bits per heavy atom. The molecular formula is C11H14N2O3. The highest BCUT2D eigenvalue weighted by Gasteiger charge is 2.42. The average molecular weight is 222 g/mol. The van der Waals surface area contributed by atoms with Crippen molar-refractivity contribution in [2.24, 2.45) is 0 Å². The highest BCUT2D eigenvalue weighted by Crippen LogP contribution is 2.25. The Hall–Kier alpha value is -1.62. The van der Waals surface area contributed by atoms with Crippen molar-refractivity contribution in [1.29, 1.82) is 0 Å². The zero-order valence-corrected chi connectivity index (χ0v) is 9.06. The van der Waals surface area contributed by atoms with E-state index in [-0.39, 0.29) is 11.5 Å². The van der Waals surface area contributed by atoms with E-state index in [0.717, 1.165) is 0 Å². The van der Waals surface area contributed by atoms with E-state index in [1.807, 2.05) is 6.92 Å². The van der Waals surface area contributed by atoms with Gasteiger partial charge in [0.15, 0.2) is 0 Å². The minimum Gasteiger partial charge on any atom is -0.386 e. The number of carbonyl (C=O) groups is 1. The predicted octanol–water partition coefficient (Wildman–Crippen LogP) is -0.0282. The molecule has 2 rings (SSSR count). The monoisotopic (exact) mass is 222 g/mol. The lowest BCUT2D eigenvalue weighted by Gasteiger charge is -2.46. The van der Waals surface area contributed by atoms with E-state index in [4.69, 9.17) is 0 Å². The zero-order chi connectivity index (χ0) is 11.8. The molecule has 0 unspecified atom stereocenters. The smallest absolute Gasteiger partial charge is 0.254 e. The number of H-pyrrole nitrogens is 1. The van der Waals surface area contributed by atoms with Gasteiger partial charge in [0, 0.05) is 17.8 Å². The van der Waals surface area contributed by atoms with E-state index in [9.17, 15) is 14.7 Å². The summed E-state index contributed by atoms with van der Waals surface area (Å²) in [5, 5.41) is 9.78. The standard InChI is InChI=1S/C11H14N2O3/c1-2-11(16)6-13(7-11)10(15)8-3-4-12-9(14)5-8/h3-5,16H,2,6-7H2,1H3,(H,12,14). The molecule has 5 nitrogen and oxygen atoms in total. The molecule has 0 saturated carbocycles. The van der Waals surface area contributed by atoms with Gasteiger partial charge in [-0.15, -0.1) is 0 Å². The van der Waals surface area contributed by atoms with Crippen LogP contribution >= 0.6 is 0 Å². The molecule has 0 aromatic carbocycles. The van der Waals surface area contributed by atoms with E-state index in [2.05, 4.69) is 4.98 Å². The number of nitrogens with one attached hydrogen (secondary N) is 1. The second kappa shape index (κ2) is 3.75. The molecule has 1 amide bonds. The molecule has 2 heterocycles. The summed E-state index contributed by atoms with van der Waals surface area (Å²) >= 11 is 0. The summed E-state index contributed by atoms with van der Waals surface area (Å²) in [6.07, 6.45) is 2.08. The number of nitrogens with zero attached hydrogens (tertiary/aromatic N) is 1. The van der Waals surface area contributed by atoms with Gasteiger partial charge in [-0.1, -0.05) is 6.92 Å². The van der Waals surface area contributed by atoms with Crippen LogP contribution in [0, 0.1) is 0 Å². The lowest BCUT2D eigenvalue weighted by molar-refractivity contribution is -0.0826. The van der Waals surface area contributed by atoms with Crippen LogP contribution in [0.4, 0.5) is 0 Å². The van der Waals surface area contributed by atoms with Crippen molar-refractivity contribution in [1.82, 2.24) is 9.88 Å². The van der Waals surface area contributed by atoms with Gasteiger partial charge in [-0.05, 0) is 12.5 Å². The van der Waals surface area contributed by atoms with E-state index < -0.39 is 5.60 Å². The molecule has 16 heavy (non-hydrogen) atoms. The maximum absolute atomic E-state index is 11.8. The number of aliphatic hydroxyl groups is 1. The molecule has 1 fully saturated rings. The highest BCUT2D eigenvalue weighted by molar-refractivity contribution is 5.94. The van der Waals surface area contributed by atoms with E-state index in [0.29, 0.717) is 25.1 Å². The van der Waals surface area contributed by atoms with Crippen molar-refractivity contribution >= 4 is 5.91 Å². The number of β-amino-alcohol motifs (C(OH)–C–C–N with tert-alkyl or cyclic N) is 1. The lowest BCUT2D eigenvalue weighted by Crippen LogP contribution is -2.63. The molecule has 86 valence electrons. The molecule has 0 radical (unpaired) electrons. The fourth-order valence-electron chi connectivity index (χ4n) is 1.79. The molecule has 1 aromatic rings. The van der Waals surface area contributed by atoms with Gasteiger partial charge in [0.05, 0.1) is 18.7 Å². The molecule has 1 aliphatic heterocycles. The Labute approximate surface area is 92.7 Å². The van der Waals surface area contributed by atoms with Gasteiger partial charge in [0.2, 0.25) is 5.56 Å². The highest BCUT2D eigenvalue weighted by atomic mass is 16.3. The second-order valence-corrected chi connectivity index (χ2v) is 4.18. The number of aromatic amines is 1. The van der Waals surface area contributed by atoms with Crippen LogP contribution in [0.15, 0.2) is 23.1 Å². The summed E-state index contributed by atoms with van der Waals surface area (Å²) in [5.41, 5.74) is -0.671. The second-order valence-electron chi connectivity index (χ2n) is 4.18. The summed E-state index contributed by atoms with van der Waals surface area (Å²) in [4.78, 5) is 26.9. The summed E-state index contributed by atoms with van der Waals surface area (Å²) < 4.78 is 0. The number of amides is 1. The Bertz CT molecular complexity index is 460. The van der Waals surface area contributed by atoms with Crippen molar-refractivity contribution in [3.8, 4) is 0 Å². The normalized spacial score (nSPS) is 18.0. The Balaban J connectivity index is 2.08. The third-order valence-corrected chi connectivity index (χ3v) is 2.94. The Kier molecular flexibility index (Phi) is 2.55. The van der Waals surface area contributed by atoms with Crippen LogP contribution in [-0.4, -0.2) is 39.6 Å².